The van der Waals surface area contributed by atoms with Crippen LogP contribution in [-0.2, 0) is 13.2 Å². The van der Waals surface area contributed by atoms with Crippen LogP contribution in [0.15, 0.2) is 18.6 Å². The summed E-state index contributed by atoms with van der Waals surface area (Å²) < 4.78 is 39.5. The van der Waals surface area contributed by atoms with Gasteiger partial charge in [0.05, 0.1) is 5.56 Å². The molecule has 0 N–H and O–H groups in total. The first kappa shape index (κ1) is 11.8. The zero-order valence-electron chi connectivity index (χ0n) is 8.53. The molecule has 0 saturated heterocycles. The van der Waals surface area contributed by atoms with Crippen molar-refractivity contribution in [3.05, 3.63) is 29.3 Å². The third kappa shape index (κ3) is 2.38. The highest BCUT2D eigenvalue weighted by molar-refractivity contribution is 6.29. The number of alkyl halides is 3. The molecule has 2 aromatic heterocycles. The predicted molar refractivity (Wildman–Crippen MR) is 54.2 cm³/mol. The molecule has 0 spiro atoms. The number of rotatable bonds is 1. The van der Waals surface area contributed by atoms with Crippen LogP contribution in [0.1, 0.15) is 5.56 Å². The lowest BCUT2D eigenvalue weighted by atomic mass is 10.1. The molecule has 0 aromatic carbocycles. The second-order valence-corrected chi connectivity index (χ2v) is 3.68. The largest absolute Gasteiger partial charge is 0.418 e. The van der Waals surface area contributed by atoms with E-state index in [1.165, 1.54) is 11.0 Å². The summed E-state index contributed by atoms with van der Waals surface area (Å²) in [7, 11) is 1.56. The number of nitrogens with zero attached hydrogens (tertiary/aromatic N) is 4. The first-order valence-corrected chi connectivity index (χ1v) is 4.84. The number of aromatic nitrogens is 4. The Labute approximate surface area is 99.1 Å². The van der Waals surface area contributed by atoms with E-state index >= 15 is 0 Å². The average molecular weight is 263 g/mol. The first-order chi connectivity index (χ1) is 7.88. The maximum atomic E-state index is 12.7. The number of hydrogen-bond donors (Lipinski definition) is 0. The molecule has 2 heterocycles. The van der Waals surface area contributed by atoms with Crippen molar-refractivity contribution in [3.8, 4) is 11.4 Å². The Morgan fingerprint density at radius 2 is 2.00 bits per heavy atom. The molecule has 0 radical (unpaired) electrons. The van der Waals surface area contributed by atoms with Crippen LogP contribution in [0, 0.1) is 0 Å². The molecule has 2 aromatic rings. The molecule has 0 fully saturated rings. The molecule has 0 aliphatic carbocycles. The molecule has 0 atom stereocenters. The standard InChI is InChI=1S/C9H6ClF3N4/c1-17-4-15-8(16-17)5-2-7(10)14-3-6(5)9(11,12)13/h2-4H,1H3. The number of halogens is 4. The molecule has 90 valence electrons. The zero-order valence-corrected chi connectivity index (χ0v) is 9.29. The molecule has 4 nitrogen and oxygen atoms in total. The summed E-state index contributed by atoms with van der Waals surface area (Å²) in [5.74, 6) is -0.0378. The lowest BCUT2D eigenvalue weighted by Gasteiger charge is -2.10. The van der Waals surface area contributed by atoms with Crippen LogP contribution >= 0.6 is 11.6 Å². The minimum Gasteiger partial charge on any atom is -0.255 e. The van der Waals surface area contributed by atoms with Crippen LogP contribution in [0.2, 0.25) is 5.15 Å². The van der Waals surface area contributed by atoms with E-state index in [0.717, 1.165) is 6.07 Å². The van der Waals surface area contributed by atoms with Crippen molar-refractivity contribution >= 4 is 11.6 Å². The highest BCUT2D eigenvalue weighted by Crippen LogP contribution is 2.36. The fraction of sp³-hybridized carbons (Fsp3) is 0.222. The topological polar surface area (TPSA) is 43.6 Å². The summed E-state index contributed by atoms with van der Waals surface area (Å²) in [4.78, 5) is 7.19. The van der Waals surface area contributed by atoms with Gasteiger partial charge < -0.3 is 0 Å². The Morgan fingerprint density at radius 3 is 2.53 bits per heavy atom. The predicted octanol–water partition coefficient (Wildman–Crippen LogP) is 2.55. The smallest absolute Gasteiger partial charge is 0.255 e. The van der Waals surface area contributed by atoms with Crippen molar-refractivity contribution in [1.82, 2.24) is 19.7 Å². The fourth-order valence-electron chi connectivity index (χ4n) is 1.30. The van der Waals surface area contributed by atoms with Crippen molar-refractivity contribution in [3.63, 3.8) is 0 Å². The van der Waals surface area contributed by atoms with Crippen molar-refractivity contribution in [2.45, 2.75) is 6.18 Å². The van der Waals surface area contributed by atoms with E-state index in [1.807, 2.05) is 0 Å². The summed E-state index contributed by atoms with van der Waals surface area (Å²) >= 11 is 5.58. The van der Waals surface area contributed by atoms with Gasteiger partial charge in [0, 0.05) is 18.8 Å². The third-order valence-corrected chi connectivity index (χ3v) is 2.22. The van der Waals surface area contributed by atoms with Gasteiger partial charge in [0.2, 0.25) is 0 Å². The molecule has 17 heavy (non-hydrogen) atoms. The van der Waals surface area contributed by atoms with Gasteiger partial charge in [-0.25, -0.2) is 9.97 Å². The van der Waals surface area contributed by atoms with Crippen LogP contribution in [0.25, 0.3) is 11.4 Å². The SMILES string of the molecule is Cn1cnc(-c2cc(Cl)ncc2C(F)(F)F)n1. The molecular weight excluding hydrogens is 257 g/mol. The Morgan fingerprint density at radius 1 is 1.29 bits per heavy atom. The van der Waals surface area contributed by atoms with Gasteiger partial charge in [-0.05, 0) is 6.07 Å². The van der Waals surface area contributed by atoms with E-state index in [1.54, 1.807) is 7.05 Å². The van der Waals surface area contributed by atoms with Crippen LogP contribution in [0.3, 0.4) is 0 Å². The Hall–Kier alpha value is -1.63. The molecular formula is C9H6ClF3N4. The summed E-state index contributed by atoms with van der Waals surface area (Å²) in [5, 5.41) is 3.77. The molecule has 0 amide bonds. The van der Waals surface area contributed by atoms with Crippen molar-refractivity contribution in [1.29, 1.82) is 0 Å². The van der Waals surface area contributed by atoms with E-state index in [0.29, 0.717) is 6.20 Å². The van der Waals surface area contributed by atoms with Crippen LogP contribution in [0.5, 0.6) is 0 Å². The lowest BCUT2D eigenvalue weighted by molar-refractivity contribution is -0.137. The molecule has 0 aliphatic rings. The second kappa shape index (κ2) is 3.99. The Bertz CT molecular complexity index is 549. The van der Waals surface area contributed by atoms with Gasteiger partial charge in [-0.2, -0.15) is 18.3 Å². The number of pyridine rings is 1. The maximum Gasteiger partial charge on any atom is 0.418 e. The summed E-state index contributed by atoms with van der Waals surface area (Å²) in [5.41, 5.74) is -1.09. The average Bonchev–Trinajstić information content (AvgIpc) is 2.62. The van der Waals surface area contributed by atoms with E-state index in [2.05, 4.69) is 15.1 Å². The summed E-state index contributed by atoms with van der Waals surface area (Å²) in [6.07, 6.45) is -2.54. The zero-order chi connectivity index (χ0) is 12.6. The maximum absolute atomic E-state index is 12.7. The molecule has 0 unspecified atom stereocenters. The molecule has 2 rings (SSSR count). The quantitative estimate of drug-likeness (QED) is 0.742. The van der Waals surface area contributed by atoms with E-state index < -0.39 is 11.7 Å². The van der Waals surface area contributed by atoms with Crippen molar-refractivity contribution in [2.24, 2.45) is 7.05 Å². The van der Waals surface area contributed by atoms with Crippen molar-refractivity contribution in [2.75, 3.05) is 0 Å². The normalized spacial score (nSPS) is 11.8. The third-order valence-electron chi connectivity index (χ3n) is 2.02. The monoisotopic (exact) mass is 262 g/mol. The van der Waals surface area contributed by atoms with Gasteiger partial charge >= 0.3 is 6.18 Å². The van der Waals surface area contributed by atoms with Crippen molar-refractivity contribution < 1.29 is 13.2 Å². The number of aryl methyl sites for hydroxylation is 1. The highest BCUT2D eigenvalue weighted by atomic mass is 35.5. The fourth-order valence-corrected chi connectivity index (χ4v) is 1.46. The van der Waals surface area contributed by atoms with E-state index in [9.17, 15) is 13.2 Å². The van der Waals surface area contributed by atoms with Gasteiger partial charge in [-0.3, -0.25) is 4.68 Å². The van der Waals surface area contributed by atoms with Gasteiger partial charge in [0.1, 0.15) is 11.5 Å². The van der Waals surface area contributed by atoms with Gasteiger partial charge in [-0.1, -0.05) is 11.6 Å². The van der Waals surface area contributed by atoms with Crippen LogP contribution in [-0.4, -0.2) is 19.7 Å². The van der Waals surface area contributed by atoms with Crippen LogP contribution in [0.4, 0.5) is 13.2 Å². The van der Waals surface area contributed by atoms with Gasteiger partial charge in [0.25, 0.3) is 0 Å². The lowest BCUT2D eigenvalue weighted by Crippen LogP contribution is -2.08. The second-order valence-electron chi connectivity index (χ2n) is 3.29. The Kier molecular flexibility index (Phi) is 2.78. The van der Waals surface area contributed by atoms with Crippen LogP contribution < -0.4 is 0 Å². The summed E-state index contributed by atoms with van der Waals surface area (Å²) in [6.45, 7) is 0. The molecule has 0 aliphatic heterocycles. The van der Waals surface area contributed by atoms with E-state index in [-0.39, 0.29) is 16.5 Å². The molecule has 0 saturated carbocycles. The minimum absolute atomic E-state index is 0.0378. The van der Waals surface area contributed by atoms with Gasteiger partial charge in [-0.15, -0.1) is 0 Å². The van der Waals surface area contributed by atoms with E-state index in [4.69, 9.17) is 11.6 Å². The minimum atomic E-state index is -4.52. The highest BCUT2D eigenvalue weighted by Gasteiger charge is 2.35. The Balaban J connectivity index is 2.63. The summed E-state index contributed by atoms with van der Waals surface area (Å²) in [6, 6.07) is 1.10. The molecule has 8 heteroatoms. The van der Waals surface area contributed by atoms with Gasteiger partial charge in [0.15, 0.2) is 5.82 Å². The number of hydrogen-bond acceptors (Lipinski definition) is 3. The molecule has 0 bridgehead atoms. The first-order valence-electron chi connectivity index (χ1n) is 4.46.